The molecule has 0 aromatic heterocycles. The third-order valence-corrected chi connectivity index (χ3v) is 6.97. The molecule has 0 heterocycles. The van der Waals surface area contributed by atoms with Gasteiger partial charge in [-0.15, -0.1) is 0 Å². The van der Waals surface area contributed by atoms with Crippen molar-refractivity contribution in [2.24, 2.45) is 0 Å². The van der Waals surface area contributed by atoms with Crippen molar-refractivity contribution in [3.05, 3.63) is 104 Å². The maximum atomic E-state index is 13.2. The summed E-state index contributed by atoms with van der Waals surface area (Å²) >= 11 is 0. The van der Waals surface area contributed by atoms with Gasteiger partial charge in [0.15, 0.2) is 5.78 Å². The van der Waals surface area contributed by atoms with Crippen LogP contribution in [0.15, 0.2) is 42.5 Å². The minimum atomic E-state index is -0.583. The number of aliphatic hydroxyl groups is 2. The van der Waals surface area contributed by atoms with E-state index in [1.165, 1.54) is 24.3 Å². The van der Waals surface area contributed by atoms with Gasteiger partial charge in [0.05, 0.1) is 11.7 Å². The smallest absolute Gasteiger partial charge is 0.166 e. The minimum Gasteiger partial charge on any atom is -0.400 e. The SMILES string of the molecule is CC.CC(=O)CCc1cc(F)ccc1C.CO.Cc1ccc(F)c2c1CCC2=O.Cc1ccc(F)c2c1CC[C@@H]2O. The Hall–Kier alpha value is -3.29. The van der Waals surface area contributed by atoms with Crippen molar-refractivity contribution in [2.75, 3.05) is 7.11 Å². The Bertz CT molecular complexity index is 1320. The molecule has 0 bridgehead atoms. The summed E-state index contributed by atoms with van der Waals surface area (Å²) in [5.41, 5.74) is 6.84. The van der Waals surface area contributed by atoms with Crippen molar-refractivity contribution in [3.63, 3.8) is 0 Å². The Morgan fingerprint density at radius 2 is 1.39 bits per heavy atom. The van der Waals surface area contributed by atoms with Crippen LogP contribution < -0.4 is 0 Å². The van der Waals surface area contributed by atoms with Crippen molar-refractivity contribution >= 4 is 11.6 Å². The third-order valence-electron chi connectivity index (χ3n) is 6.97. The number of aryl methyl sites for hydroxylation is 4. The number of carbonyl (C=O) groups is 2. The molecule has 1 atom stereocenters. The predicted octanol–water partition coefficient (Wildman–Crippen LogP) is 7.67. The van der Waals surface area contributed by atoms with Gasteiger partial charge in [0.25, 0.3) is 0 Å². The van der Waals surface area contributed by atoms with Gasteiger partial charge < -0.3 is 15.0 Å². The Morgan fingerprint density at radius 1 is 0.829 bits per heavy atom. The van der Waals surface area contributed by atoms with Crippen molar-refractivity contribution < 1.29 is 33.0 Å². The highest BCUT2D eigenvalue weighted by molar-refractivity contribution is 6.01. The van der Waals surface area contributed by atoms with E-state index in [1.807, 2.05) is 34.6 Å². The maximum Gasteiger partial charge on any atom is 0.166 e. The van der Waals surface area contributed by atoms with Crippen LogP contribution in [0.4, 0.5) is 13.2 Å². The largest absolute Gasteiger partial charge is 0.400 e. The van der Waals surface area contributed by atoms with Gasteiger partial charge in [0, 0.05) is 25.5 Å². The van der Waals surface area contributed by atoms with E-state index in [4.69, 9.17) is 5.11 Å². The van der Waals surface area contributed by atoms with E-state index >= 15 is 0 Å². The molecule has 4 nitrogen and oxygen atoms in total. The van der Waals surface area contributed by atoms with Crippen molar-refractivity contribution in [2.45, 2.75) is 86.2 Å². The van der Waals surface area contributed by atoms with Gasteiger partial charge in [-0.25, -0.2) is 13.2 Å². The molecule has 0 amide bonds. The molecule has 0 saturated carbocycles. The molecule has 41 heavy (non-hydrogen) atoms. The number of carbonyl (C=O) groups excluding carboxylic acids is 2. The Labute approximate surface area is 242 Å². The lowest BCUT2D eigenvalue weighted by Gasteiger charge is -2.06. The number of halogens is 3. The van der Waals surface area contributed by atoms with Crippen LogP contribution in [-0.2, 0) is 24.1 Å². The summed E-state index contributed by atoms with van der Waals surface area (Å²) < 4.78 is 39.0. The number of rotatable bonds is 3. The topological polar surface area (TPSA) is 74.6 Å². The lowest BCUT2D eigenvalue weighted by Crippen LogP contribution is -1.97. The first-order valence-electron chi connectivity index (χ1n) is 14.0. The van der Waals surface area contributed by atoms with Crippen LogP contribution in [0, 0.1) is 38.2 Å². The maximum absolute atomic E-state index is 13.2. The van der Waals surface area contributed by atoms with Gasteiger partial charge in [-0.3, -0.25) is 4.79 Å². The van der Waals surface area contributed by atoms with Gasteiger partial charge >= 0.3 is 0 Å². The zero-order chi connectivity index (χ0) is 31.3. The monoisotopic (exact) mass is 572 g/mol. The number of hydrogen-bond acceptors (Lipinski definition) is 4. The summed E-state index contributed by atoms with van der Waals surface area (Å²) in [6.07, 6.45) is 3.19. The fourth-order valence-corrected chi connectivity index (χ4v) is 4.79. The number of hydrogen-bond donors (Lipinski definition) is 2. The van der Waals surface area contributed by atoms with E-state index in [1.54, 1.807) is 25.1 Å². The lowest BCUT2D eigenvalue weighted by atomic mass is 10.0. The van der Waals surface area contributed by atoms with Crippen molar-refractivity contribution in [1.29, 1.82) is 0 Å². The number of fused-ring (bicyclic) bond motifs is 2. The first kappa shape index (κ1) is 35.7. The molecule has 0 fully saturated rings. The molecule has 3 aromatic carbocycles. The molecular formula is C34H43F3O4. The Morgan fingerprint density at radius 3 is 1.95 bits per heavy atom. The number of Topliss-reactive ketones (excluding diaryl/α,β-unsaturated/α-hetero) is 2. The highest BCUT2D eigenvalue weighted by Gasteiger charge is 2.25. The van der Waals surface area contributed by atoms with Gasteiger partial charge in [0.1, 0.15) is 23.2 Å². The van der Waals surface area contributed by atoms with Gasteiger partial charge in [-0.2, -0.15) is 0 Å². The molecule has 0 spiro atoms. The predicted molar refractivity (Wildman–Crippen MR) is 158 cm³/mol. The molecule has 2 aliphatic rings. The van der Waals surface area contributed by atoms with Crippen LogP contribution in [0.2, 0.25) is 0 Å². The summed E-state index contributed by atoms with van der Waals surface area (Å²) in [6.45, 7) is 11.3. The zero-order valence-corrected chi connectivity index (χ0v) is 25.2. The third kappa shape index (κ3) is 9.94. The highest BCUT2D eigenvalue weighted by Crippen LogP contribution is 2.34. The van der Waals surface area contributed by atoms with Gasteiger partial charge in [-0.05, 0) is 111 Å². The summed E-state index contributed by atoms with van der Waals surface area (Å²) in [5, 5.41) is 16.4. The minimum absolute atomic E-state index is 0.0498. The van der Waals surface area contributed by atoms with Crippen LogP contribution >= 0.6 is 0 Å². The van der Waals surface area contributed by atoms with Gasteiger partial charge in [-0.1, -0.05) is 32.0 Å². The Kier molecular flexibility index (Phi) is 15.3. The molecule has 2 N–H and O–H groups in total. The van der Waals surface area contributed by atoms with Crippen LogP contribution in [-0.4, -0.2) is 28.9 Å². The highest BCUT2D eigenvalue weighted by atomic mass is 19.1. The molecular weight excluding hydrogens is 529 g/mol. The molecule has 0 saturated heterocycles. The average Bonchev–Trinajstić information content (AvgIpc) is 3.56. The van der Waals surface area contributed by atoms with Crippen LogP contribution in [0.1, 0.15) is 95.4 Å². The van der Waals surface area contributed by atoms with Crippen LogP contribution in [0.5, 0.6) is 0 Å². The molecule has 7 heteroatoms. The zero-order valence-electron chi connectivity index (χ0n) is 25.2. The van der Waals surface area contributed by atoms with E-state index in [-0.39, 0.29) is 29.0 Å². The van der Waals surface area contributed by atoms with Crippen molar-refractivity contribution in [3.8, 4) is 0 Å². The van der Waals surface area contributed by atoms with E-state index in [2.05, 4.69) is 0 Å². The molecule has 0 aliphatic heterocycles. The molecule has 0 radical (unpaired) electrons. The van der Waals surface area contributed by atoms with Crippen molar-refractivity contribution in [1.82, 2.24) is 0 Å². The molecule has 0 unspecified atom stereocenters. The average molecular weight is 573 g/mol. The molecule has 2 aliphatic carbocycles. The Balaban J connectivity index is 0.000000289. The van der Waals surface area contributed by atoms with E-state index in [0.717, 1.165) is 46.9 Å². The first-order chi connectivity index (χ1) is 19.5. The number of ketones is 2. The standard InChI is InChI=1S/C11H13FO.C10H11FO.C10H9FO.C2H6.CH4O/c1-8-3-6-11(12)7-10(8)5-4-9(2)13;2*1-6-2-4-8(11)10-7(6)3-5-9(10)12;2*1-2/h3,6-7H,4-5H2,1-2H3;2,4,9,12H,3,5H2,1H3;2,4H,3,5H2,1H3;1-2H3;2H,1H3/t;9-;;;/m.0.../s1. The fourth-order valence-electron chi connectivity index (χ4n) is 4.79. The summed E-state index contributed by atoms with van der Waals surface area (Å²) in [5.74, 6) is -0.766. The first-order valence-corrected chi connectivity index (χ1v) is 14.0. The molecule has 224 valence electrons. The quantitative estimate of drug-likeness (QED) is 0.338. The lowest BCUT2D eigenvalue weighted by molar-refractivity contribution is -0.116. The number of aliphatic hydroxyl groups excluding tert-OH is 2. The van der Waals surface area contributed by atoms with E-state index in [0.29, 0.717) is 43.2 Å². The fraction of sp³-hybridized carbons (Fsp3) is 0.412. The van der Waals surface area contributed by atoms with Gasteiger partial charge in [0.2, 0.25) is 0 Å². The summed E-state index contributed by atoms with van der Waals surface area (Å²) in [7, 11) is 1.00. The molecule has 5 rings (SSSR count). The van der Waals surface area contributed by atoms with E-state index in [9.17, 15) is 27.9 Å². The van der Waals surface area contributed by atoms with Crippen LogP contribution in [0.3, 0.4) is 0 Å². The second-order valence-corrected chi connectivity index (χ2v) is 9.72. The summed E-state index contributed by atoms with van der Waals surface area (Å²) in [6, 6.07) is 11.0. The van der Waals surface area contributed by atoms with Crippen LogP contribution in [0.25, 0.3) is 0 Å². The normalized spacial score (nSPS) is 14.0. The molecule has 3 aromatic rings. The second-order valence-electron chi connectivity index (χ2n) is 9.72. The second kappa shape index (κ2) is 17.5. The van der Waals surface area contributed by atoms with E-state index < -0.39 is 6.10 Å². The number of benzene rings is 3. The summed E-state index contributed by atoms with van der Waals surface area (Å²) in [4.78, 5) is 21.9.